The zero-order chi connectivity index (χ0) is 16.2. The fraction of sp³-hybridized carbons (Fsp3) is 0.900. The van der Waals surface area contributed by atoms with Crippen molar-refractivity contribution in [2.45, 2.75) is 78.7 Å². The van der Waals surface area contributed by atoms with Crippen LogP contribution < -0.4 is 0 Å². The molecule has 0 radical (unpaired) electrons. The normalized spacial score (nSPS) is 45.5. The van der Waals surface area contributed by atoms with Crippen LogP contribution in [0.5, 0.6) is 0 Å². The van der Waals surface area contributed by atoms with Crippen molar-refractivity contribution in [2.24, 2.45) is 28.1 Å². The fourth-order valence-corrected chi connectivity index (χ4v) is 6.32. The van der Waals surface area contributed by atoms with Crippen LogP contribution in [0.2, 0.25) is 0 Å². The predicted octanol–water partition coefficient (Wildman–Crippen LogP) is 4.31. The zero-order valence-corrected chi connectivity index (χ0v) is 14.9. The maximum absolute atomic E-state index is 10.2. The van der Waals surface area contributed by atoms with Gasteiger partial charge in [0, 0.05) is 5.41 Å². The van der Waals surface area contributed by atoms with Crippen molar-refractivity contribution in [1.82, 2.24) is 0 Å². The van der Waals surface area contributed by atoms with Gasteiger partial charge >= 0.3 is 0 Å². The number of fused-ring (bicyclic) bond motifs is 3. The Morgan fingerprint density at radius 3 is 2.55 bits per heavy atom. The molecule has 2 N–H and O–H groups in total. The highest BCUT2D eigenvalue weighted by atomic mass is 16.3. The van der Waals surface area contributed by atoms with E-state index in [1.165, 1.54) is 38.5 Å². The molecule has 0 aromatic carbocycles. The summed E-state index contributed by atoms with van der Waals surface area (Å²) < 4.78 is 0. The molecule has 0 saturated heterocycles. The number of rotatable bonds is 2. The van der Waals surface area contributed by atoms with Gasteiger partial charge in [-0.2, -0.15) is 0 Å². The molecular weight excluding hydrogens is 272 g/mol. The van der Waals surface area contributed by atoms with E-state index in [0.29, 0.717) is 16.7 Å². The molecule has 3 rings (SSSR count). The Bertz CT molecular complexity index is 466. The Hall–Kier alpha value is -0.340. The highest BCUT2D eigenvalue weighted by molar-refractivity contribution is 5.24. The molecule has 0 heterocycles. The van der Waals surface area contributed by atoms with Crippen LogP contribution in [0.3, 0.4) is 0 Å². The molecule has 0 aliphatic heterocycles. The summed E-state index contributed by atoms with van der Waals surface area (Å²) in [5, 5.41) is 19.6. The number of aliphatic hydroxyl groups excluding tert-OH is 2. The Kier molecular flexibility index (Phi) is 4.01. The summed E-state index contributed by atoms with van der Waals surface area (Å²) in [4.78, 5) is 0. The third-order valence-corrected chi connectivity index (χ3v) is 7.66. The lowest BCUT2D eigenvalue weighted by molar-refractivity contribution is -0.0673. The minimum absolute atomic E-state index is 0.127. The van der Waals surface area contributed by atoms with Gasteiger partial charge in [0.15, 0.2) is 0 Å². The van der Waals surface area contributed by atoms with Gasteiger partial charge in [-0.05, 0) is 61.2 Å². The number of hydrogen-bond donors (Lipinski definition) is 2. The summed E-state index contributed by atoms with van der Waals surface area (Å²) >= 11 is 0. The summed E-state index contributed by atoms with van der Waals surface area (Å²) in [5.74, 6) is 1.54. The topological polar surface area (TPSA) is 40.5 Å². The van der Waals surface area contributed by atoms with Crippen molar-refractivity contribution in [2.75, 3.05) is 6.61 Å². The monoisotopic (exact) mass is 306 g/mol. The van der Waals surface area contributed by atoms with Gasteiger partial charge in [0.25, 0.3) is 0 Å². The average Bonchev–Trinajstić information content (AvgIpc) is 2.45. The van der Waals surface area contributed by atoms with Crippen molar-refractivity contribution in [1.29, 1.82) is 0 Å². The zero-order valence-electron chi connectivity index (χ0n) is 14.9. The van der Waals surface area contributed by atoms with Crippen LogP contribution in [0.4, 0.5) is 0 Å². The molecule has 3 aliphatic rings. The van der Waals surface area contributed by atoms with Gasteiger partial charge in [-0.3, -0.25) is 0 Å². The van der Waals surface area contributed by atoms with Crippen molar-refractivity contribution in [3.8, 4) is 0 Å². The van der Waals surface area contributed by atoms with Crippen LogP contribution in [0, 0.1) is 28.1 Å². The maximum Gasteiger partial charge on any atom is 0.0858 e. The number of aliphatic hydroxyl groups is 2. The van der Waals surface area contributed by atoms with Crippen molar-refractivity contribution < 1.29 is 10.2 Å². The van der Waals surface area contributed by atoms with Crippen molar-refractivity contribution in [3.63, 3.8) is 0 Å². The Balaban J connectivity index is 1.92. The fourth-order valence-electron chi connectivity index (χ4n) is 6.32. The smallest absolute Gasteiger partial charge is 0.0858 e. The molecule has 0 spiro atoms. The van der Waals surface area contributed by atoms with Crippen molar-refractivity contribution in [3.05, 3.63) is 11.6 Å². The molecule has 2 heteroatoms. The predicted molar refractivity (Wildman–Crippen MR) is 90.5 cm³/mol. The summed E-state index contributed by atoms with van der Waals surface area (Å²) in [5.41, 5.74) is 2.27. The van der Waals surface area contributed by atoms with Crippen LogP contribution in [-0.2, 0) is 0 Å². The van der Waals surface area contributed by atoms with Gasteiger partial charge in [0.05, 0.1) is 12.7 Å². The minimum atomic E-state index is -0.616. The standard InChI is InChI=1S/C20H34O2/c1-18(2)9-5-10-20(4)15-8-11-19(3,17(22)13-21)12-14(15)6-7-16(18)20/h12,15-17,21-22H,5-11,13H2,1-4H3/t15-,16-,17+,19+,20+/m1/s1. The SMILES string of the molecule is CC1(C)CCC[C@@]2(C)[C@@H]3CC[C@](C)([C@@H](O)CO)C=C3CC[C@H]12. The van der Waals surface area contributed by atoms with Crippen molar-refractivity contribution >= 4 is 0 Å². The molecule has 0 aromatic rings. The number of hydrogen-bond acceptors (Lipinski definition) is 2. The molecule has 5 atom stereocenters. The molecule has 0 aromatic heterocycles. The van der Waals surface area contributed by atoms with E-state index in [-0.39, 0.29) is 12.0 Å². The quantitative estimate of drug-likeness (QED) is 0.746. The second-order valence-electron chi connectivity index (χ2n) is 9.45. The summed E-state index contributed by atoms with van der Waals surface area (Å²) in [6.07, 6.45) is 10.5. The molecule has 126 valence electrons. The lowest BCUT2D eigenvalue weighted by Crippen LogP contribution is -2.51. The van der Waals surface area contributed by atoms with E-state index in [1.807, 2.05) is 0 Å². The lowest BCUT2D eigenvalue weighted by Gasteiger charge is -2.60. The molecule has 2 fully saturated rings. The van der Waals surface area contributed by atoms with Gasteiger partial charge in [0.1, 0.15) is 0 Å². The molecule has 0 amide bonds. The van der Waals surface area contributed by atoms with E-state index in [9.17, 15) is 10.2 Å². The van der Waals surface area contributed by atoms with Crippen LogP contribution in [0.25, 0.3) is 0 Å². The second-order valence-corrected chi connectivity index (χ2v) is 9.45. The first-order chi connectivity index (χ1) is 10.2. The van der Waals surface area contributed by atoms with E-state index < -0.39 is 6.10 Å². The molecule has 22 heavy (non-hydrogen) atoms. The van der Waals surface area contributed by atoms with Crippen LogP contribution in [-0.4, -0.2) is 22.9 Å². The molecule has 3 aliphatic carbocycles. The highest BCUT2D eigenvalue weighted by Gasteiger charge is 2.54. The van der Waals surface area contributed by atoms with Gasteiger partial charge in [-0.1, -0.05) is 45.8 Å². The van der Waals surface area contributed by atoms with Crippen LogP contribution in [0.15, 0.2) is 11.6 Å². The van der Waals surface area contributed by atoms with E-state index in [4.69, 9.17) is 0 Å². The summed E-state index contributed by atoms with van der Waals surface area (Å²) in [7, 11) is 0. The Morgan fingerprint density at radius 2 is 1.86 bits per heavy atom. The Morgan fingerprint density at radius 1 is 1.14 bits per heavy atom. The first-order valence-electron chi connectivity index (χ1n) is 9.23. The molecule has 0 unspecified atom stereocenters. The van der Waals surface area contributed by atoms with Gasteiger partial charge < -0.3 is 10.2 Å². The third-order valence-electron chi connectivity index (χ3n) is 7.66. The summed E-state index contributed by atoms with van der Waals surface area (Å²) in [6.45, 7) is 9.49. The highest BCUT2D eigenvalue weighted by Crippen LogP contribution is 2.63. The van der Waals surface area contributed by atoms with Gasteiger partial charge in [0.2, 0.25) is 0 Å². The molecule has 0 bridgehead atoms. The van der Waals surface area contributed by atoms with Gasteiger partial charge in [-0.25, -0.2) is 0 Å². The second kappa shape index (κ2) is 5.34. The Labute approximate surface area is 136 Å². The average molecular weight is 306 g/mol. The van der Waals surface area contributed by atoms with Gasteiger partial charge in [-0.15, -0.1) is 0 Å². The first-order valence-corrected chi connectivity index (χ1v) is 9.23. The largest absolute Gasteiger partial charge is 0.394 e. The van der Waals surface area contributed by atoms with Crippen LogP contribution in [0.1, 0.15) is 72.6 Å². The third kappa shape index (κ3) is 2.38. The van der Waals surface area contributed by atoms with Crippen LogP contribution >= 0.6 is 0 Å². The van der Waals surface area contributed by atoms with E-state index in [0.717, 1.165) is 12.3 Å². The summed E-state index contributed by atoms with van der Waals surface area (Å²) in [6, 6.07) is 0. The van der Waals surface area contributed by atoms with E-state index >= 15 is 0 Å². The molecular formula is C20H34O2. The number of allylic oxidation sites excluding steroid dienone is 1. The van der Waals surface area contributed by atoms with E-state index in [1.54, 1.807) is 5.57 Å². The van der Waals surface area contributed by atoms with E-state index in [2.05, 4.69) is 33.8 Å². The first kappa shape index (κ1) is 16.5. The molecule has 2 nitrogen and oxygen atoms in total. The lowest BCUT2D eigenvalue weighted by atomic mass is 9.45. The maximum atomic E-state index is 10.2. The molecule has 2 saturated carbocycles. The minimum Gasteiger partial charge on any atom is -0.394 e.